The predicted molar refractivity (Wildman–Crippen MR) is 79.3 cm³/mol. The molecule has 9 heteroatoms. The van der Waals surface area contributed by atoms with Gasteiger partial charge < -0.3 is 9.67 Å². The second-order valence-corrected chi connectivity index (χ2v) is 7.11. The van der Waals surface area contributed by atoms with E-state index in [-0.39, 0.29) is 14.9 Å². The number of sulfonamides is 1. The minimum atomic E-state index is -3.81. The molecule has 0 unspecified atom stereocenters. The van der Waals surface area contributed by atoms with E-state index < -0.39 is 16.0 Å². The monoisotopic (exact) mass is 329 g/mol. The molecule has 2 aromatic rings. The van der Waals surface area contributed by atoms with Gasteiger partial charge in [0.05, 0.1) is 0 Å². The van der Waals surface area contributed by atoms with E-state index in [0.717, 1.165) is 17.8 Å². The fourth-order valence-electron chi connectivity index (χ4n) is 1.77. The number of thiophene rings is 1. The lowest BCUT2D eigenvalue weighted by Gasteiger charge is -2.02. The van der Waals surface area contributed by atoms with Crippen molar-refractivity contribution in [1.29, 1.82) is 0 Å². The molecule has 0 radical (unpaired) electrons. The van der Waals surface area contributed by atoms with Crippen molar-refractivity contribution in [2.45, 2.75) is 31.8 Å². The van der Waals surface area contributed by atoms with Gasteiger partial charge in [0, 0.05) is 12.7 Å². The van der Waals surface area contributed by atoms with Crippen LogP contribution in [0.25, 0.3) is 0 Å². The molecule has 0 aliphatic heterocycles. The number of carbonyl (C=O) groups is 1. The van der Waals surface area contributed by atoms with Gasteiger partial charge in [-0.1, -0.05) is 6.92 Å². The molecule has 114 valence electrons. The Morgan fingerprint density at radius 3 is 2.76 bits per heavy atom. The number of nitrogens with one attached hydrogen (secondary N) is 1. The third-order valence-corrected chi connectivity index (χ3v) is 5.10. The summed E-state index contributed by atoms with van der Waals surface area (Å²) >= 11 is 0.859. The third kappa shape index (κ3) is 3.42. The number of aromatic carboxylic acids is 1. The molecule has 2 heterocycles. The van der Waals surface area contributed by atoms with Gasteiger partial charge in [-0.2, -0.15) is 8.42 Å². The molecule has 7 nitrogen and oxygen atoms in total. The summed E-state index contributed by atoms with van der Waals surface area (Å²) < 4.78 is 28.6. The normalized spacial score (nSPS) is 11.5. The van der Waals surface area contributed by atoms with E-state index in [1.54, 1.807) is 11.5 Å². The Morgan fingerprint density at radius 2 is 2.19 bits per heavy atom. The number of anilines is 1. The standard InChI is InChI=1S/C12H15N3O4S2/c1-3-6-15-7-11(13-8(15)2)21(18,19)14-10-5-4-9(20-10)12(16)17/h4-5,7,14H,3,6H2,1-2H3,(H,16,17). The highest BCUT2D eigenvalue weighted by Gasteiger charge is 2.20. The summed E-state index contributed by atoms with van der Waals surface area (Å²) in [7, 11) is -3.81. The first kappa shape index (κ1) is 15.5. The lowest BCUT2D eigenvalue weighted by atomic mass is 10.5. The van der Waals surface area contributed by atoms with Crippen molar-refractivity contribution in [3.63, 3.8) is 0 Å². The van der Waals surface area contributed by atoms with Crippen molar-refractivity contribution >= 4 is 32.3 Å². The molecular weight excluding hydrogens is 314 g/mol. The Hall–Kier alpha value is -1.87. The predicted octanol–water partition coefficient (Wildman–Crippen LogP) is 2.16. The van der Waals surface area contributed by atoms with Crippen LogP contribution in [0.3, 0.4) is 0 Å². The largest absolute Gasteiger partial charge is 0.477 e. The summed E-state index contributed by atoms with van der Waals surface area (Å²) in [4.78, 5) is 14.9. The molecule has 2 N–H and O–H groups in total. The zero-order valence-corrected chi connectivity index (χ0v) is 13.2. The second kappa shape index (κ2) is 5.86. The number of hydrogen-bond acceptors (Lipinski definition) is 5. The van der Waals surface area contributed by atoms with Crippen LogP contribution in [0, 0.1) is 6.92 Å². The van der Waals surface area contributed by atoms with E-state index >= 15 is 0 Å². The number of aromatic nitrogens is 2. The molecule has 0 saturated carbocycles. The van der Waals surface area contributed by atoms with Crippen molar-refractivity contribution in [3.8, 4) is 0 Å². The molecule has 0 spiro atoms. The van der Waals surface area contributed by atoms with Gasteiger partial charge in [0.25, 0.3) is 10.0 Å². The van der Waals surface area contributed by atoms with Gasteiger partial charge in [-0.15, -0.1) is 11.3 Å². The minimum Gasteiger partial charge on any atom is -0.477 e. The van der Waals surface area contributed by atoms with Crippen LogP contribution in [0.1, 0.15) is 28.8 Å². The van der Waals surface area contributed by atoms with Gasteiger partial charge in [-0.3, -0.25) is 4.72 Å². The number of hydrogen-bond donors (Lipinski definition) is 2. The molecule has 0 amide bonds. The molecule has 0 fully saturated rings. The molecule has 0 saturated heterocycles. The summed E-state index contributed by atoms with van der Waals surface area (Å²) in [6.45, 7) is 4.42. The van der Waals surface area contributed by atoms with Crippen molar-refractivity contribution < 1.29 is 18.3 Å². The van der Waals surface area contributed by atoms with Crippen LogP contribution in [0.15, 0.2) is 23.4 Å². The minimum absolute atomic E-state index is 0.0698. The van der Waals surface area contributed by atoms with Crippen LogP contribution in [0.5, 0.6) is 0 Å². The maximum Gasteiger partial charge on any atom is 0.345 e. The fourth-order valence-corrected chi connectivity index (χ4v) is 3.82. The van der Waals surface area contributed by atoms with Crippen LogP contribution >= 0.6 is 11.3 Å². The van der Waals surface area contributed by atoms with Gasteiger partial charge in [0.2, 0.25) is 0 Å². The average Bonchev–Trinajstić information content (AvgIpc) is 2.98. The van der Waals surface area contributed by atoms with Gasteiger partial charge in [0.1, 0.15) is 15.7 Å². The van der Waals surface area contributed by atoms with Crippen LogP contribution in [-0.2, 0) is 16.6 Å². The molecule has 21 heavy (non-hydrogen) atoms. The van der Waals surface area contributed by atoms with Crippen molar-refractivity contribution in [2.75, 3.05) is 4.72 Å². The zero-order valence-electron chi connectivity index (χ0n) is 11.5. The third-order valence-electron chi connectivity index (χ3n) is 2.75. The number of nitrogens with zero attached hydrogens (tertiary/aromatic N) is 2. The molecule has 2 aromatic heterocycles. The first-order valence-electron chi connectivity index (χ1n) is 6.23. The first-order valence-corrected chi connectivity index (χ1v) is 8.53. The molecule has 0 aromatic carbocycles. The van der Waals surface area contributed by atoms with Crippen LogP contribution < -0.4 is 4.72 Å². The molecule has 2 rings (SSSR count). The SMILES string of the molecule is CCCn1cc(S(=O)(=O)Nc2ccc(C(=O)O)s2)nc1C. The quantitative estimate of drug-likeness (QED) is 0.845. The topological polar surface area (TPSA) is 101 Å². The second-order valence-electron chi connectivity index (χ2n) is 4.39. The highest BCUT2D eigenvalue weighted by molar-refractivity contribution is 7.92. The van der Waals surface area contributed by atoms with Gasteiger partial charge >= 0.3 is 5.97 Å². The number of carboxylic acid groups (broad SMARTS) is 1. The molecule has 0 aliphatic carbocycles. The summed E-state index contributed by atoms with van der Waals surface area (Å²) in [6, 6.07) is 2.77. The number of aryl methyl sites for hydroxylation is 2. The van der Waals surface area contributed by atoms with Gasteiger partial charge in [0.15, 0.2) is 5.03 Å². The maximum absolute atomic E-state index is 12.2. The first-order chi connectivity index (χ1) is 9.83. The van der Waals surface area contributed by atoms with E-state index in [1.165, 1.54) is 18.3 Å². The molecule has 0 atom stereocenters. The zero-order chi connectivity index (χ0) is 15.6. The lowest BCUT2D eigenvalue weighted by Crippen LogP contribution is -2.12. The lowest BCUT2D eigenvalue weighted by molar-refractivity contribution is 0.0702. The maximum atomic E-state index is 12.2. The van der Waals surface area contributed by atoms with Crippen LogP contribution in [0.4, 0.5) is 5.00 Å². The molecule has 0 bridgehead atoms. The number of imidazole rings is 1. The van der Waals surface area contributed by atoms with Crippen molar-refractivity contribution in [2.24, 2.45) is 0 Å². The highest BCUT2D eigenvalue weighted by Crippen LogP contribution is 2.24. The van der Waals surface area contributed by atoms with Crippen molar-refractivity contribution in [3.05, 3.63) is 29.0 Å². The Balaban J connectivity index is 2.25. The van der Waals surface area contributed by atoms with Crippen molar-refractivity contribution in [1.82, 2.24) is 9.55 Å². The Kier molecular flexibility index (Phi) is 4.33. The summed E-state index contributed by atoms with van der Waals surface area (Å²) in [5.74, 6) is -0.469. The van der Waals surface area contributed by atoms with Crippen LogP contribution in [-0.4, -0.2) is 29.0 Å². The number of carboxylic acids is 1. The molecular formula is C12H15N3O4S2. The molecule has 0 aliphatic rings. The highest BCUT2D eigenvalue weighted by atomic mass is 32.2. The van der Waals surface area contributed by atoms with E-state index in [4.69, 9.17) is 5.11 Å². The van der Waals surface area contributed by atoms with Gasteiger partial charge in [-0.05, 0) is 25.5 Å². The summed E-state index contributed by atoms with van der Waals surface area (Å²) in [5, 5.41) is 9.00. The van der Waals surface area contributed by atoms with E-state index in [0.29, 0.717) is 12.4 Å². The van der Waals surface area contributed by atoms with Gasteiger partial charge in [-0.25, -0.2) is 9.78 Å². The number of rotatable bonds is 6. The smallest absolute Gasteiger partial charge is 0.345 e. The van der Waals surface area contributed by atoms with Crippen LogP contribution in [0.2, 0.25) is 0 Å². The Labute approximate surface area is 126 Å². The Bertz CT molecular complexity index is 761. The van der Waals surface area contributed by atoms with E-state index in [1.807, 2.05) is 6.92 Å². The summed E-state index contributed by atoms with van der Waals surface area (Å²) in [5.41, 5.74) is 0. The summed E-state index contributed by atoms with van der Waals surface area (Å²) in [6.07, 6.45) is 2.35. The Morgan fingerprint density at radius 1 is 1.48 bits per heavy atom. The fraction of sp³-hybridized carbons (Fsp3) is 0.333. The van der Waals surface area contributed by atoms with E-state index in [9.17, 15) is 13.2 Å². The van der Waals surface area contributed by atoms with E-state index in [2.05, 4.69) is 9.71 Å². The average molecular weight is 329 g/mol.